The first kappa shape index (κ1) is 12.6. The lowest BCUT2D eigenvalue weighted by Crippen LogP contribution is -2.18. The molecular weight excluding hydrogens is 268 g/mol. The molecule has 20 heavy (non-hydrogen) atoms. The minimum absolute atomic E-state index is 0.132. The number of fused-ring (bicyclic) bond motifs is 1. The summed E-state index contributed by atoms with van der Waals surface area (Å²) in [5, 5.41) is 9.22. The highest BCUT2D eigenvalue weighted by molar-refractivity contribution is 7.99. The lowest BCUT2D eigenvalue weighted by molar-refractivity contribution is 0.398. The summed E-state index contributed by atoms with van der Waals surface area (Å²) in [6.07, 6.45) is 0. The van der Waals surface area contributed by atoms with Gasteiger partial charge in [-0.3, -0.25) is 0 Å². The van der Waals surface area contributed by atoms with Gasteiger partial charge in [-0.1, -0.05) is 36.4 Å². The molecule has 3 nitrogen and oxygen atoms in total. The molecule has 0 fully saturated rings. The number of nitriles is 1. The quantitative estimate of drug-likeness (QED) is 0.913. The lowest BCUT2D eigenvalue weighted by atomic mass is 10.0. The number of thioether (sulfide) groups is 1. The van der Waals surface area contributed by atoms with Gasteiger partial charge >= 0.3 is 0 Å². The molecule has 1 aliphatic rings. The summed E-state index contributed by atoms with van der Waals surface area (Å²) >= 11 is 1.60. The zero-order valence-corrected chi connectivity index (χ0v) is 11.4. The minimum atomic E-state index is -0.132. The van der Waals surface area contributed by atoms with E-state index < -0.39 is 0 Å². The molecule has 1 aliphatic heterocycles. The Morgan fingerprint density at radius 1 is 1.05 bits per heavy atom. The third kappa shape index (κ3) is 2.24. The monoisotopic (exact) mass is 280 g/mol. The SMILES string of the molecule is N#CC1=C(N)Oc2ccccc2C1Sc1ccccc1. The van der Waals surface area contributed by atoms with Crippen LogP contribution < -0.4 is 10.5 Å². The van der Waals surface area contributed by atoms with E-state index in [4.69, 9.17) is 10.5 Å². The topological polar surface area (TPSA) is 59.0 Å². The van der Waals surface area contributed by atoms with Crippen molar-refractivity contribution in [1.29, 1.82) is 5.26 Å². The normalized spacial score (nSPS) is 17.1. The fraction of sp³-hybridized carbons (Fsp3) is 0.0625. The largest absolute Gasteiger partial charge is 0.440 e. The molecule has 0 aromatic heterocycles. The summed E-state index contributed by atoms with van der Waals surface area (Å²) in [7, 11) is 0. The van der Waals surface area contributed by atoms with Crippen molar-refractivity contribution in [3.05, 3.63) is 71.6 Å². The molecule has 3 rings (SSSR count). The third-order valence-electron chi connectivity index (χ3n) is 3.07. The average molecular weight is 280 g/mol. The molecule has 0 saturated carbocycles. The molecule has 1 unspecified atom stereocenters. The standard InChI is InChI=1S/C16H12N2OS/c17-10-13-15(20-11-6-2-1-3-7-11)12-8-4-5-9-14(12)19-16(13)18/h1-9,15H,18H2. The highest BCUT2D eigenvalue weighted by Gasteiger charge is 2.29. The zero-order chi connectivity index (χ0) is 13.9. The summed E-state index contributed by atoms with van der Waals surface area (Å²) in [5.74, 6) is 0.914. The molecule has 0 amide bonds. The number of ether oxygens (including phenoxy) is 1. The van der Waals surface area contributed by atoms with Crippen molar-refractivity contribution in [2.24, 2.45) is 5.73 Å². The van der Waals surface area contributed by atoms with Crippen molar-refractivity contribution in [1.82, 2.24) is 0 Å². The van der Waals surface area contributed by atoms with Crippen molar-refractivity contribution < 1.29 is 4.74 Å². The van der Waals surface area contributed by atoms with E-state index >= 15 is 0 Å². The van der Waals surface area contributed by atoms with E-state index in [2.05, 4.69) is 6.07 Å². The van der Waals surface area contributed by atoms with Gasteiger partial charge in [0.05, 0.1) is 5.25 Å². The van der Waals surface area contributed by atoms with E-state index in [1.807, 2.05) is 54.6 Å². The van der Waals surface area contributed by atoms with Crippen molar-refractivity contribution in [2.45, 2.75) is 10.1 Å². The number of hydrogen-bond acceptors (Lipinski definition) is 4. The Morgan fingerprint density at radius 2 is 1.75 bits per heavy atom. The van der Waals surface area contributed by atoms with E-state index in [9.17, 15) is 5.26 Å². The number of rotatable bonds is 2. The first-order chi connectivity index (χ1) is 9.79. The van der Waals surface area contributed by atoms with Gasteiger partial charge in [0.2, 0.25) is 5.88 Å². The van der Waals surface area contributed by atoms with Gasteiger partial charge < -0.3 is 10.5 Å². The molecule has 0 radical (unpaired) electrons. The Labute approximate surface area is 121 Å². The maximum absolute atomic E-state index is 9.35. The molecule has 0 spiro atoms. The van der Waals surface area contributed by atoms with Gasteiger partial charge in [0.15, 0.2) is 0 Å². The molecular formula is C16H12N2OS. The van der Waals surface area contributed by atoms with Crippen LogP contribution in [0.5, 0.6) is 5.75 Å². The van der Waals surface area contributed by atoms with Crippen LogP contribution in [0.1, 0.15) is 10.8 Å². The molecule has 1 heterocycles. The average Bonchev–Trinajstić information content (AvgIpc) is 2.48. The van der Waals surface area contributed by atoms with Crippen molar-refractivity contribution in [3.63, 3.8) is 0 Å². The molecule has 1 atom stereocenters. The smallest absolute Gasteiger partial charge is 0.206 e. The summed E-state index contributed by atoms with van der Waals surface area (Å²) in [6, 6.07) is 19.8. The number of benzene rings is 2. The van der Waals surface area contributed by atoms with Gasteiger partial charge in [0.25, 0.3) is 0 Å². The summed E-state index contributed by atoms with van der Waals surface area (Å²) in [6.45, 7) is 0. The highest BCUT2D eigenvalue weighted by atomic mass is 32.2. The Bertz CT molecular complexity index is 704. The predicted molar refractivity (Wildman–Crippen MR) is 78.9 cm³/mol. The van der Waals surface area contributed by atoms with Crippen LogP contribution in [0.25, 0.3) is 0 Å². The van der Waals surface area contributed by atoms with Crippen molar-refractivity contribution in [3.8, 4) is 11.8 Å². The predicted octanol–water partition coefficient (Wildman–Crippen LogP) is 3.61. The first-order valence-corrected chi connectivity index (χ1v) is 7.06. The van der Waals surface area contributed by atoms with Gasteiger partial charge in [0.1, 0.15) is 17.4 Å². The fourth-order valence-corrected chi connectivity index (χ4v) is 3.31. The van der Waals surface area contributed by atoms with Crippen LogP contribution in [0.4, 0.5) is 0 Å². The van der Waals surface area contributed by atoms with Crippen LogP contribution in [-0.2, 0) is 0 Å². The Balaban J connectivity index is 2.04. The third-order valence-corrected chi connectivity index (χ3v) is 4.34. The maximum atomic E-state index is 9.35. The lowest BCUT2D eigenvalue weighted by Gasteiger charge is -2.25. The van der Waals surface area contributed by atoms with Crippen LogP contribution in [0.2, 0.25) is 0 Å². The maximum Gasteiger partial charge on any atom is 0.206 e. The second-order valence-corrected chi connectivity index (χ2v) is 5.52. The van der Waals surface area contributed by atoms with Gasteiger partial charge in [-0.25, -0.2) is 0 Å². The minimum Gasteiger partial charge on any atom is -0.440 e. The second kappa shape index (κ2) is 5.32. The molecule has 0 bridgehead atoms. The van der Waals surface area contributed by atoms with E-state index in [0.717, 1.165) is 16.2 Å². The summed E-state index contributed by atoms with van der Waals surface area (Å²) in [4.78, 5) is 1.09. The summed E-state index contributed by atoms with van der Waals surface area (Å²) in [5.41, 5.74) is 7.32. The fourth-order valence-electron chi connectivity index (χ4n) is 2.12. The van der Waals surface area contributed by atoms with Gasteiger partial charge in [-0.2, -0.15) is 5.26 Å². The van der Waals surface area contributed by atoms with E-state index in [-0.39, 0.29) is 11.1 Å². The van der Waals surface area contributed by atoms with Crippen molar-refractivity contribution in [2.75, 3.05) is 0 Å². The number of nitrogens with zero attached hydrogens (tertiary/aromatic N) is 1. The molecule has 2 aromatic rings. The van der Waals surface area contributed by atoms with Gasteiger partial charge in [0, 0.05) is 10.5 Å². The number of hydrogen-bond donors (Lipinski definition) is 1. The Hall–Kier alpha value is -2.38. The van der Waals surface area contributed by atoms with Crippen LogP contribution in [0.15, 0.2) is 70.9 Å². The molecule has 0 saturated heterocycles. The van der Waals surface area contributed by atoms with E-state index in [1.54, 1.807) is 11.8 Å². The number of para-hydroxylation sites is 1. The number of nitrogens with two attached hydrogens (primary N) is 1. The van der Waals surface area contributed by atoms with Gasteiger partial charge in [-0.05, 0) is 18.2 Å². The van der Waals surface area contributed by atoms with E-state index in [1.165, 1.54) is 0 Å². The van der Waals surface area contributed by atoms with Crippen LogP contribution in [0.3, 0.4) is 0 Å². The van der Waals surface area contributed by atoms with Crippen LogP contribution in [0, 0.1) is 11.3 Å². The molecule has 2 aromatic carbocycles. The van der Waals surface area contributed by atoms with Crippen molar-refractivity contribution >= 4 is 11.8 Å². The zero-order valence-electron chi connectivity index (χ0n) is 10.6. The summed E-state index contributed by atoms with van der Waals surface area (Å²) < 4.78 is 5.52. The van der Waals surface area contributed by atoms with Gasteiger partial charge in [-0.15, -0.1) is 11.8 Å². The molecule has 4 heteroatoms. The van der Waals surface area contributed by atoms with E-state index in [0.29, 0.717) is 5.57 Å². The Kier molecular flexibility index (Phi) is 3.36. The molecule has 0 aliphatic carbocycles. The Morgan fingerprint density at radius 3 is 2.50 bits per heavy atom. The first-order valence-electron chi connectivity index (χ1n) is 6.18. The molecule has 98 valence electrons. The van der Waals surface area contributed by atoms with Crippen LogP contribution in [-0.4, -0.2) is 0 Å². The molecule has 2 N–H and O–H groups in total. The van der Waals surface area contributed by atoms with Crippen LogP contribution >= 0.6 is 11.8 Å². The highest BCUT2D eigenvalue weighted by Crippen LogP contribution is 2.47. The second-order valence-electron chi connectivity index (χ2n) is 4.34.